The van der Waals surface area contributed by atoms with Crippen molar-refractivity contribution in [3.8, 4) is 0 Å². The lowest BCUT2D eigenvalue weighted by molar-refractivity contribution is -0.126. The third kappa shape index (κ3) is 4.40. The van der Waals surface area contributed by atoms with Crippen molar-refractivity contribution < 1.29 is 19.2 Å². The third-order valence-corrected chi connectivity index (χ3v) is 4.34. The first-order valence-corrected chi connectivity index (χ1v) is 8.44. The maximum atomic E-state index is 12.1. The van der Waals surface area contributed by atoms with Crippen molar-refractivity contribution in [3.63, 3.8) is 0 Å². The van der Waals surface area contributed by atoms with Gasteiger partial charge in [-0.05, 0) is 24.3 Å². The summed E-state index contributed by atoms with van der Waals surface area (Å²) in [7, 11) is 1.93. The summed E-state index contributed by atoms with van der Waals surface area (Å²) >= 11 is 0. The first-order chi connectivity index (χ1) is 12.0. The topological polar surface area (TPSA) is 74.4 Å². The molecule has 2 aliphatic heterocycles. The summed E-state index contributed by atoms with van der Waals surface area (Å²) in [5, 5.41) is 4.53. The van der Waals surface area contributed by atoms with Gasteiger partial charge in [0.15, 0.2) is 0 Å². The van der Waals surface area contributed by atoms with E-state index in [0.717, 1.165) is 31.0 Å². The van der Waals surface area contributed by atoms with E-state index in [1.54, 1.807) is 4.90 Å². The highest BCUT2D eigenvalue weighted by Gasteiger charge is 2.32. The van der Waals surface area contributed by atoms with Crippen LogP contribution in [-0.2, 0) is 14.4 Å². The van der Waals surface area contributed by atoms with Crippen molar-refractivity contribution >= 4 is 23.4 Å². The van der Waals surface area contributed by atoms with Gasteiger partial charge in [0.2, 0.25) is 5.91 Å². The van der Waals surface area contributed by atoms with Crippen LogP contribution in [0.4, 0.5) is 16.2 Å². The average Bonchev–Trinajstić information content (AvgIpc) is 2.82. The van der Waals surface area contributed by atoms with Crippen LogP contribution < -0.4 is 15.1 Å². The predicted molar refractivity (Wildman–Crippen MR) is 93.5 cm³/mol. The van der Waals surface area contributed by atoms with E-state index in [1.165, 1.54) is 6.92 Å². The molecule has 0 spiro atoms. The molecule has 8 nitrogen and oxygen atoms in total. The van der Waals surface area contributed by atoms with Crippen LogP contribution >= 0.6 is 0 Å². The van der Waals surface area contributed by atoms with Crippen LogP contribution in [0.25, 0.3) is 0 Å². The van der Waals surface area contributed by atoms with E-state index in [9.17, 15) is 9.59 Å². The van der Waals surface area contributed by atoms with Gasteiger partial charge in [0.1, 0.15) is 6.10 Å². The monoisotopic (exact) mass is 348 g/mol. The normalized spacial score (nSPS) is 21.8. The number of ether oxygens (including phenoxy) is 1. The van der Waals surface area contributed by atoms with Gasteiger partial charge < -0.3 is 15.0 Å². The molecule has 0 aromatic heterocycles. The first kappa shape index (κ1) is 17.5. The molecule has 2 fully saturated rings. The molecule has 2 amide bonds. The molecule has 0 bridgehead atoms. The molecule has 0 aliphatic carbocycles. The average molecular weight is 348 g/mol. The molecule has 1 atom stereocenters. The maximum absolute atomic E-state index is 12.1. The van der Waals surface area contributed by atoms with Gasteiger partial charge in [-0.15, -0.1) is 0 Å². The Labute approximate surface area is 147 Å². The van der Waals surface area contributed by atoms with E-state index in [0.29, 0.717) is 19.7 Å². The van der Waals surface area contributed by atoms with E-state index in [-0.39, 0.29) is 18.1 Å². The molecule has 25 heavy (non-hydrogen) atoms. The van der Waals surface area contributed by atoms with E-state index in [2.05, 4.69) is 10.2 Å². The minimum absolute atomic E-state index is 0.133. The maximum Gasteiger partial charge on any atom is 0.414 e. The number of nitrogens with zero attached hydrogens (tertiary/aromatic N) is 3. The summed E-state index contributed by atoms with van der Waals surface area (Å²) in [6.07, 6.45) is -0.706. The third-order valence-electron chi connectivity index (χ3n) is 4.34. The Morgan fingerprint density at radius 3 is 2.64 bits per heavy atom. The molecule has 0 unspecified atom stereocenters. The number of benzene rings is 1. The molecule has 2 heterocycles. The first-order valence-electron chi connectivity index (χ1n) is 8.44. The number of anilines is 2. The van der Waals surface area contributed by atoms with E-state index < -0.39 is 0 Å². The lowest BCUT2D eigenvalue weighted by Crippen LogP contribution is -2.33. The number of carbonyl (C=O) groups is 2. The molecule has 1 aromatic carbocycles. The van der Waals surface area contributed by atoms with Crippen molar-refractivity contribution in [2.24, 2.45) is 0 Å². The van der Waals surface area contributed by atoms with Gasteiger partial charge >= 0.3 is 6.09 Å². The highest BCUT2D eigenvalue weighted by atomic mass is 16.7. The lowest BCUT2D eigenvalue weighted by Gasteiger charge is -2.22. The van der Waals surface area contributed by atoms with Crippen LogP contribution in [0.2, 0.25) is 0 Å². The van der Waals surface area contributed by atoms with Gasteiger partial charge in [0, 0.05) is 45.0 Å². The Kier molecular flexibility index (Phi) is 5.40. The standard InChI is InChI=1S/C17H24N4O4/c1-13(22)18-11-16-12-21(17(23)25-16)15-5-3-14(4-6-15)20-8-7-19(2)24-10-9-20/h3-6,16H,7-12H2,1-2H3,(H,18,22)/t16-/m0/s1. The molecule has 136 valence electrons. The van der Waals surface area contributed by atoms with Gasteiger partial charge in [-0.1, -0.05) is 0 Å². The van der Waals surface area contributed by atoms with Crippen LogP contribution in [0.1, 0.15) is 6.92 Å². The number of hydroxylamine groups is 2. The summed E-state index contributed by atoms with van der Waals surface area (Å²) in [5.41, 5.74) is 1.90. The Hall–Kier alpha value is -2.32. The molecule has 0 saturated carbocycles. The number of nitrogens with one attached hydrogen (secondary N) is 1. The highest BCUT2D eigenvalue weighted by molar-refractivity contribution is 5.90. The van der Waals surface area contributed by atoms with Crippen molar-refractivity contribution in [1.29, 1.82) is 0 Å². The van der Waals surface area contributed by atoms with Gasteiger partial charge in [-0.3, -0.25) is 14.5 Å². The number of carbonyl (C=O) groups excluding carboxylic acids is 2. The minimum Gasteiger partial charge on any atom is -0.442 e. The van der Waals surface area contributed by atoms with Gasteiger partial charge in [-0.25, -0.2) is 4.79 Å². The lowest BCUT2D eigenvalue weighted by atomic mass is 10.2. The fourth-order valence-corrected chi connectivity index (χ4v) is 2.94. The molecule has 0 radical (unpaired) electrons. The number of hydrogen-bond acceptors (Lipinski definition) is 6. The summed E-state index contributed by atoms with van der Waals surface area (Å²) in [6.45, 7) is 5.41. The zero-order chi connectivity index (χ0) is 17.8. The predicted octanol–water partition coefficient (Wildman–Crippen LogP) is 0.831. The smallest absolute Gasteiger partial charge is 0.414 e. The van der Waals surface area contributed by atoms with E-state index in [4.69, 9.17) is 9.57 Å². The summed E-state index contributed by atoms with van der Waals surface area (Å²) in [5.74, 6) is -0.133. The second-order valence-electron chi connectivity index (χ2n) is 6.24. The molecule has 1 N–H and O–H groups in total. The molecule has 1 aromatic rings. The van der Waals surface area contributed by atoms with Crippen LogP contribution in [0, 0.1) is 0 Å². The van der Waals surface area contributed by atoms with Gasteiger partial charge in [0.25, 0.3) is 0 Å². The number of hydrogen-bond donors (Lipinski definition) is 1. The highest BCUT2D eigenvalue weighted by Crippen LogP contribution is 2.25. The second-order valence-corrected chi connectivity index (χ2v) is 6.24. The Morgan fingerprint density at radius 1 is 1.20 bits per heavy atom. The SMILES string of the molecule is CC(=O)NC[C@H]1CN(c2ccc(N3CCON(C)CC3)cc2)C(=O)O1. The van der Waals surface area contributed by atoms with Gasteiger partial charge in [-0.2, -0.15) is 5.06 Å². The molecular weight excluding hydrogens is 324 g/mol. The molecule has 2 saturated heterocycles. The Bertz CT molecular complexity index is 622. The van der Waals surface area contributed by atoms with Crippen LogP contribution in [0.15, 0.2) is 24.3 Å². The molecule has 2 aliphatic rings. The fraction of sp³-hybridized carbons (Fsp3) is 0.529. The number of rotatable bonds is 4. The summed E-state index contributed by atoms with van der Waals surface area (Å²) < 4.78 is 5.29. The number of likely N-dealkylation sites (N-methyl/N-ethyl adjacent to an activating group) is 1. The molecule has 3 rings (SSSR count). The Balaban J connectivity index is 1.62. The van der Waals surface area contributed by atoms with Crippen molar-refractivity contribution in [3.05, 3.63) is 24.3 Å². The van der Waals surface area contributed by atoms with Crippen LogP contribution in [0.3, 0.4) is 0 Å². The largest absolute Gasteiger partial charge is 0.442 e. The Morgan fingerprint density at radius 2 is 1.92 bits per heavy atom. The molecular formula is C17H24N4O4. The number of amides is 2. The van der Waals surface area contributed by atoms with Gasteiger partial charge in [0.05, 0.1) is 19.7 Å². The summed E-state index contributed by atoms with van der Waals surface area (Å²) in [4.78, 5) is 32.4. The van der Waals surface area contributed by atoms with E-state index in [1.807, 2.05) is 36.4 Å². The molecule has 8 heteroatoms. The minimum atomic E-state index is -0.382. The fourth-order valence-electron chi connectivity index (χ4n) is 2.94. The summed E-state index contributed by atoms with van der Waals surface area (Å²) in [6, 6.07) is 7.86. The van der Waals surface area contributed by atoms with Crippen molar-refractivity contribution in [1.82, 2.24) is 10.4 Å². The second kappa shape index (κ2) is 7.71. The van der Waals surface area contributed by atoms with Crippen molar-refractivity contribution in [2.45, 2.75) is 13.0 Å². The number of cyclic esters (lactones) is 1. The van der Waals surface area contributed by atoms with Crippen LogP contribution in [-0.4, -0.2) is 69.5 Å². The zero-order valence-corrected chi connectivity index (χ0v) is 14.6. The van der Waals surface area contributed by atoms with Crippen LogP contribution in [0.5, 0.6) is 0 Å². The van der Waals surface area contributed by atoms with E-state index >= 15 is 0 Å². The quantitative estimate of drug-likeness (QED) is 0.869. The van der Waals surface area contributed by atoms with Crippen molar-refractivity contribution in [2.75, 3.05) is 56.2 Å². The zero-order valence-electron chi connectivity index (χ0n) is 14.6.